The summed E-state index contributed by atoms with van der Waals surface area (Å²) in [5.74, 6) is 2.36. The third kappa shape index (κ3) is 4.23. The van der Waals surface area contributed by atoms with Gasteiger partial charge in [-0.15, -0.1) is 11.6 Å². The predicted octanol–water partition coefficient (Wildman–Crippen LogP) is 4.62. The van der Waals surface area contributed by atoms with Gasteiger partial charge in [0.1, 0.15) is 0 Å². The molecule has 0 aromatic heterocycles. The molecule has 0 bridgehead atoms. The van der Waals surface area contributed by atoms with Gasteiger partial charge in [0.2, 0.25) is 0 Å². The number of carbonyl (C=O) groups excluding carboxylic acids is 1. The molecule has 1 aromatic carbocycles. The number of rotatable bonds is 4. The van der Waals surface area contributed by atoms with E-state index in [1.54, 1.807) is 0 Å². The summed E-state index contributed by atoms with van der Waals surface area (Å²) in [6.45, 7) is 6.80. The average molecular weight is 308 g/mol. The van der Waals surface area contributed by atoms with Crippen molar-refractivity contribution < 1.29 is 4.79 Å². The Balaban J connectivity index is 2.08. The molecule has 21 heavy (non-hydrogen) atoms. The summed E-state index contributed by atoms with van der Waals surface area (Å²) in [6.07, 6.45) is 3.58. The van der Waals surface area contributed by atoms with Gasteiger partial charge in [0.05, 0.1) is 0 Å². The van der Waals surface area contributed by atoms with Crippen LogP contribution in [0.25, 0.3) is 0 Å². The second-order valence-electron chi connectivity index (χ2n) is 6.74. The molecule has 1 aliphatic carbocycles. The van der Waals surface area contributed by atoms with Crippen molar-refractivity contribution >= 4 is 17.5 Å². The second-order valence-corrected chi connectivity index (χ2v) is 7.01. The van der Waals surface area contributed by atoms with Gasteiger partial charge in [-0.1, -0.05) is 39.3 Å². The quantitative estimate of drug-likeness (QED) is 0.808. The van der Waals surface area contributed by atoms with Crippen LogP contribution in [-0.2, 0) is 5.88 Å². The Hall–Kier alpha value is -1.02. The fourth-order valence-corrected chi connectivity index (χ4v) is 3.58. The minimum atomic E-state index is 0.0340. The van der Waals surface area contributed by atoms with E-state index >= 15 is 0 Å². The summed E-state index contributed by atoms with van der Waals surface area (Å²) in [7, 11) is 0. The van der Waals surface area contributed by atoms with E-state index in [1.807, 2.05) is 24.3 Å². The third-order valence-electron chi connectivity index (χ3n) is 4.68. The Morgan fingerprint density at radius 2 is 2.14 bits per heavy atom. The maximum atomic E-state index is 12.5. The highest BCUT2D eigenvalue weighted by Crippen LogP contribution is 2.33. The van der Waals surface area contributed by atoms with Gasteiger partial charge < -0.3 is 5.32 Å². The number of alkyl halides is 1. The van der Waals surface area contributed by atoms with E-state index in [0.29, 0.717) is 35.2 Å². The number of carbonyl (C=O) groups is 1. The standard InChI is InChI=1S/C18H26ClNO/c1-12(2)16-8-7-13(3)9-17(16)20-18(21)15-6-4-5-14(10-15)11-19/h4-6,10,12-13,16-17H,7-9,11H2,1-3H3,(H,20,21). The van der Waals surface area contributed by atoms with Crippen molar-refractivity contribution in [1.29, 1.82) is 0 Å². The molecule has 2 nitrogen and oxygen atoms in total. The van der Waals surface area contributed by atoms with E-state index in [0.717, 1.165) is 12.0 Å². The molecule has 1 fully saturated rings. The molecule has 0 spiro atoms. The lowest BCUT2D eigenvalue weighted by Gasteiger charge is -2.37. The highest BCUT2D eigenvalue weighted by atomic mass is 35.5. The summed E-state index contributed by atoms with van der Waals surface area (Å²) in [5, 5.41) is 3.27. The Morgan fingerprint density at radius 3 is 2.81 bits per heavy atom. The molecule has 1 saturated carbocycles. The summed E-state index contributed by atoms with van der Waals surface area (Å²) in [4.78, 5) is 12.5. The Labute approximate surface area is 133 Å². The Bertz CT molecular complexity index is 486. The molecule has 1 N–H and O–H groups in total. The van der Waals surface area contributed by atoms with Crippen molar-refractivity contribution in [3.05, 3.63) is 35.4 Å². The molecule has 116 valence electrons. The fraction of sp³-hybridized carbons (Fsp3) is 0.611. The number of benzene rings is 1. The zero-order valence-corrected chi connectivity index (χ0v) is 14.0. The second kappa shape index (κ2) is 7.31. The lowest BCUT2D eigenvalue weighted by Crippen LogP contribution is -2.45. The molecule has 1 aliphatic rings. The van der Waals surface area contributed by atoms with Gasteiger partial charge >= 0.3 is 0 Å². The Morgan fingerprint density at radius 1 is 1.38 bits per heavy atom. The summed E-state index contributed by atoms with van der Waals surface area (Å²) >= 11 is 5.85. The number of hydrogen-bond donors (Lipinski definition) is 1. The normalized spacial score (nSPS) is 25.9. The monoisotopic (exact) mass is 307 g/mol. The highest BCUT2D eigenvalue weighted by molar-refractivity contribution is 6.17. The third-order valence-corrected chi connectivity index (χ3v) is 4.99. The van der Waals surface area contributed by atoms with Crippen LogP contribution in [0.3, 0.4) is 0 Å². The molecule has 1 amide bonds. The number of halogens is 1. The molecule has 0 heterocycles. The Kier molecular flexibility index (Phi) is 5.69. The van der Waals surface area contributed by atoms with Crippen molar-refractivity contribution in [2.24, 2.45) is 17.8 Å². The minimum Gasteiger partial charge on any atom is -0.349 e. The van der Waals surface area contributed by atoms with Gasteiger partial charge in [0.15, 0.2) is 0 Å². The molecular weight excluding hydrogens is 282 g/mol. The van der Waals surface area contributed by atoms with E-state index in [1.165, 1.54) is 12.8 Å². The van der Waals surface area contributed by atoms with Crippen LogP contribution in [-0.4, -0.2) is 11.9 Å². The lowest BCUT2D eigenvalue weighted by molar-refractivity contribution is 0.0868. The first-order chi connectivity index (χ1) is 10.0. The summed E-state index contributed by atoms with van der Waals surface area (Å²) in [6, 6.07) is 7.89. The van der Waals surface area contributed by atoms with Gasteiger partial charge in [-0.2, -0.15) is 0 Å². The molecule has 1 aromatic rings. The topological polar surface area (TPSA) is 29.1 Å². The van der Waals surface area contributed by atoms with Gasteiger partial charge in [0.25, 0.3) is 5.91 Å². The summed E-state index contributed by atoms with van der Waals surface area (Å²) < 4.78 is 0. The first kappa shape index (κ1) is 16.4. The van der Waals surface area contributed by atoms with E-state index in [2.05, 4.69) is 26.1 Å². The van der Waals surface area contributed by atoms with Gasteiger partial charge in [-0.25, -0.2) is 0 Å². The van der Waals surface area contributed by atoms with Gasteiger partial charge in [0, 0.05) is 17.5 Å². The number of hydrogen-bond acceptors (Lipinski definition) is 1. The van der Waals surface area contributed by atoms with Crippen molar-refractivity contribution in [3.8, 4) is 0 Å². The molecule has 0 radical (unpaired) electrons. The van der Waals surface area contributed by atoms with Crippen LogP contribution < -0.4 is 5.32 Å². The van der Waals surface area contributed by atoms with Crippen molar-refractivity contribution in [3.63, 3.8) is 0 Å². The van der Waals surface area contributed by atoms with Crippen molar-refractivity contribution in [1.82, 2.24) is 5.32 Å². The van der Waals surface area contributed by atoms with Crippen LogP contribution >= 0.6 is 11.6 Å². The van der Waals surface area contributed by atoms with Crippen LogP contribution in [0.5, 0.6) is 0 Å². The van der Waals surface area contributed by atoms with E-state index in [4.69, 9.17) is 11.6 Å². The van der Waals surface area contributed by atoms with Crippen molar-refractivity contribution in [2.45, 2.75) is 52.0 Å². The smallest absolute Gasteiger partial charge is 0.251 e. The maximum absolute atomic E-state index is 12.5. The van der Waals surface area contributed by atoms with Gasteiger partial charge in [-0.05, 0) is 48.3 Å². The van der Waals surface area contributed by atoms with E-state index < -0.39 is 0 Å². The van der Waals surface area contributed by atoms with E-state index in [-0.39, 0.29) is 5.91 Å². The number of amides is 1. The summed E-state index contributed by atoms with van der Waals surface area (Å²) in [5.41, 5.74) is 1.70. The van der Waals surface area contributed by atoms with Crippen LogP contribution in [0.4, 0.5) is 0 Å². The molecule has 3 heteroatoms. The molecule has 3 atom stereocenters. The minimum absolute atomic E-state index is 0.0340. The number of nitrogens with one attached hydrogen (secondary N) is 1. The van der Waals surface area contributed by atoms with E-state index in [9.17, 15) is 4.79 Å². The van der Waals surface area contributed by atoms with Crippen LogP contribution in [0.15, 0.2) is 24.3 Å². The maximum Gasteiger partial charge on any atom is 0.251 e. The zero-order valence-electron chi connectivity index (χ0n) is 13.2. The SMILES string of the molecule is CC1CCC(C(C)C)C(NC(=O)c2cccc(CCl)c2)C1. The van der Waals surface area contributed by atoms with Crippen LogP contribution in [0.1, 0.15) is 56.0 Å². The van der Waals surface area contributed by atoms with Crippen LogP contribution in [0.2, 0.25) is 0 Å². The molecule has 0 saturated heterocycles. The predicted molar refractivity (Wildman–Crippen MR) is 88.6 cm³/mol. The largest absolute Gasteiger partial charge is 0.349 e. The van der Waals surface area contributed by atoms with Crippen LogP contribution in [0, 0.1) is 17.8 Å². The highest BCUT2D eigenvalue weighted by Gasteiger charge is 2.31. The molecule has 0 aliphatic heterocycles. The first-order valence-corrected chi connectivity index (χ1v) is 8.50. The average Bonchev–Trinajstić information content (AvgIpc) is 2.47. The molecule has 3 unspecified atom stereocenters. The molecule has 2 rings (SSSR count). The lowest BCUT2D eigenvalue weighted by atomic mass is 9.74. The van der Waals surface area contributed by atoms with Crippen molar-refractivity contribution in [2.75, 3.05) is 0 Å². The zero-order chi connectivity index (χ0) is 15.4. The first-order valence-electron chi connectivity index (χ1n) is 7.97. The fourth-order valence-electron chi connectivity index (χ4n) is 3.42. The van der Waals surface area contributed by atoms with Gasteiger partial charge in [-0.3, -0.25) is 4.79 Å². The molecular formula is C18H26ClNO.